The molecule has 1 atom stereocenters. The van der Waals surface area contributed by atoms with Gasteiger partial charge in [-0.1, -0.05) is 18.6 Å². The van der Waals surface area contributed by atoms with Crippen LogP contribution in [0.5, 0.6) is 5.75 Å². The fourth-order valence-electron chi connectivity index (χ4n) is 4.84. The topological polar surface area (TPSA) is 87.6 Å². The number of benzene rings is 1. The van der Waals surface area contributed by atoms with Gasteiger partial charge in [0.1, 0.15) is 12.3 Å². The smallest absolute Gasteiger partial charge is 0.328 e. The standard InChI is InChI=1S/C25H34N4O4/c1-19-17-29(25(32)26-24(19)31)18-23(30)28-12-5-15-33-22-8-4-6-20(16-22)9-10-21-7-2-3-11-27(21)13-14-28/h4,6,8,16-17,21H,2-3,5,7,9-15,18H2,1H3,(H,26,31,32). The molecule has 1 amide bonds. The van der Waals surface area contributed by atoms with E-state index >= 15 is 0 Å². The van der Waals surface area contributed by atoms with Crippen LogP contribution in [0.25, 0.3) is 0 Å². The van der Waals surface area contributed by atoms with E-state index in [-0.39, 0.29) is 12.5 Å². The summed E-state index contributed by atoms with van der Waals surface area (Å²) >= 11 is 0. The molecule has 1 aromatic heterocycles. The molecule has 2 aliphatic rings. The van der Waals surface area contributed by atoms with E-state index in [1.54, 1.807) is 6.92 Å². The Morgan fingerprint density at radius 3 is 2.85 bits per heavy atom. The number of carbonyl (C=O) groups is 1. The van der Waals surface area contributed by atoms with E-state index < -0.39 is 11.2 Å². The molecule has 0 radical (unpaired) electrons. The van der Waals surface area contributed by atoms with Gasteiger partial charge in [0.15, 0.2) is 0 Å². The van der Waals surface area contributed by atoms with E-state index in [0.717, 1.165) is 31.7 Å². The van der Waals surface area contributed by atoms with Crippen molar-refractivity contribution < 1.29 is 9.53 Å². The molecule has 0 spiro atoms. The predicted molar refractivity (Wildman–Crippen MR) is 127 cm³/mol. The number of aryl methyl sites for hydroxylation is 2. The monoisotopic (exact) mass is 454 g/mol. The maximum Gasteiger partial charge on any atom is 0.328 e. The second-order valence-electron chi connectivity index (χ2n) is 9.15. The zero-order valence-electron chi connectivity index (χ0n) is 19.4. The summed E-state index contributed by atoms with van der Waals surface area (Å²) in [5.74, 6) is 0.754. The molecular weight excluding hydrogens is 420 g/mol. The number of ether oxygens (including phenoxy) is 1. The molecular formula is C25H34N4O4. The van der Waals surface area contributed by atoms with Crippen molar-refractivity contribution in [3.8, 4) is 5.75 Å². The number of H-pyrrole nitrogens is 1. The molecule has 2 aromatic rings. The summed E-state index contributed by atoms with van der Waals surface area (Å²) in [4.78, 5) is 43.7. The van der Waals surface area contributed by atoms with Crippen molar-refractivity contribution in [3.63, 3.8) is 0 Å². The van der Waals surface area contributed by atoms with Crippen LogP contribution in [0.1, 0.15) is 43.2 Å². The van der Waals surface area contributed by atoms with Crippen molar-refractivity contribution in [2.75, 3.05) is 32.8 Å². The third-order valence-corrected chi connectivity index (χ3v) is 6.76. The molecule has 8 heteroatoms. The Labute approximate surface area is 194 Å². The molecule has 2 bridgehead atoms. The molecule has 0 aliphatic carbocycles. The van der Waals surface area contributed by atoms with Crippen LogP contribution in [-0.4, -0.2) is 64.1 Å². The van der Waals surface area contributed by atoms with E-state index in [0.29, 0.717) is 37.7 Å². The molecule has 1 saturated heterocycles. The van der Waals surface area contributed by atoms with Gasteiger partial charge in [0.25, 0.3) is 5.56 Å². The number of hydrogen-bond acceptors (Lipinski definition) is 5. The molecule has 178 valence electrons. The second kappa shape index (κ2) is 10.8. The Hall–Kier alpha value is -2.87. The first-order valence-corrected chi connectivity index (χ1v) is 12.0. The van der Waals surface area contributed by atoms with E-state index in [2.05, 4.69) is 28.1 Å². The summed E-state index contributed by atoms with van der Waals surface area (Å²) in [6.45, 7) is 5.15. The fraction of sp³-hybridized carbons (Fsp3) is 0.560. The largest absolute Gasteiger partial charge is 0.494 e. The highest BCUT2D eigenvalue weighted by atomic mass is 16.5. The number of carbonyl (C=O) groups excluding carboxylic acids is 1. The van der Waals surface area contributed by atoms with E-state index in [9.17, 15) is 14.4 Å². The van der Waals surface area contributed by atoms with Gasteiger partial charge in [0.05, 0.1) is 6.61 Å². The van der Waals surface area contributed by atoms with Gasteiger partial charge in [-0.25, -0.2) is 4.79 Å². The lowest BCUT2D eigenvalue weighted by molar-refractivity contribution is -0.132. The summed E-state index contributed by atoms with van der Waals surface area (Å²) in [7, 11) is 0. The molecule has 0 saturated carbocycles. The first kappa shape index (κ1) is 23.3. The fourth-order valence-corrected chi connectivity index (χ4v) is 4.84. The second-order valence-corrected chi connectivity index (χ2v) is 9.15. The number of hydrogen-bond donors (Lipinski definition) is 1. The average molecular weight is 455 g/mol. The van der Waals surface area contributed by atoms with Crippen LogP contribution in [0.2, 0.25) is 0 Å². The van der Waals surface area contributed by atoms with E-state index in [1.807, 2.05) is 11.0 Å². The highest BCUT2D eigenvalue weighted by molar-refractivity contribution is 5.76. The number of aromatic amines is 1. The van der Waals surface area contributed by atoms with Crippen molar-refractivity contribution in [2.24, 2.45) is 0 Å². The normalized spacial score (nSPS) is 20.4. The first-order chi connectivity index (χ1) is 16.0. The van der Waals surface area contributed by atoms with Crippen LogP contribution < -0.4 is 16.0 Å². The third-order valence-electron chi connectivity index (χ3n) is 6.76. The van der Waals surface area contributed by atoms with Gasteiger partial charge in [0, 0.05) is 37.4 Å². The Morgan fingerprint density at radius 1 is 1.09 bits per heavy atom. The molecule has 4 rings (SSSR count). The summed E-state index contributed by atoms with van der Waals surface area (Å²) in [6.07, 6.45) is 7.93. The molecule has 8 nitrogen and oxygen atoms in total. The zero-order chi connectivity index (χ0) is 23.2. The highest BCUT2D eigenvalue weighted by Gasteiger charge is 2.24. The van der Waals surface area contributed by atoms with Crippen LogP contribution in [0, 0.1) is 6.92 Å². The van der Waals surface area contributed by atoms with E-state index in [1.165, 1.54) is 35.6 Å². The first-order valence-electron chi connectivity index (χ1n) is 12.0. The summed E-state index contributed by atoms with van der Waals surface area (Å²) in [5.41, 5.74) is 0.753. The molecule has 1 fully saturated rings. The van der Waals surface area contributed by atoms with Crippen LogP contribution in [-0.2, 0) is 17.8 Å². The van der Waals surface area contributed by atoms with Crippen molar-refractivity contribution >= 4 is 5.91 Å². The minimum Gasteiger partial charge on any atom is -0.494 e. The van der Waals surface area contributed by atoms with Gasteiger partial charge in [-0.15, -0.1) is 0 Å². The maximum absolute atomic E-state index is 13.2. The Kier molecular flexibility index (Phi) is 7.65. The van der Waals surface area contributed by atoms with Crippen molar-refractivity contribution in [1.82, 2.24) is 19.4 Å². The Morgan fingerprint density at radius 2 is 1.97 bits per heavy atom. The molecule has 2 aliphatic heterocycles. The number of piperidine rings is 1. The Bertz CT molecular complexity index is 1080. The third kappa shape index (κ3) is 6.13. The van der Waals surface area contributed by atoms with Gasteiger partial charge >= 0.3 is 5.69 Å². The van der Waals surface area contributed by atoms with Gasteiger partial charge in [-0.05, 0) is 63.3 Å². The number of amides is 1. The zero-order valence-corrected chi connectivity index (χ0v) is 19.4. The van der Waals surface area contributed by atoms with Crippen LogP contribution >= 0.6 is 0 Å². The lowest BCUT2D eigenvalue weighted by Crippen LogP contribution is -2.47. The van der Waals surface area contributed by atoms with Gasteiger partial charge in [0.2, 0.25) is 5.91 Å². The molecule has 1 aromatic carbocycles. The summed E-state index contributed by atoms with van der Waals surface area (Å²) in [5, 5.41) is 0. The van der Waals surface area contributed by atoms with Crippen LogP contribution in [0.3, 0.4) is 0 Å². The summed E-state index contributed by atoms with van der Waals surface area (Å²) in [6, 6.07) is 8.86. The minimum atomic E-state index is -0.555. The molecule has 33 heavy (non-hydrogen) atoms. The SMILES string of the molecule is Cc1cn(CC(=O)N2CCCOc3cccc(c3)CCC3CCCCN3CC2)c(=O)[nH]c1=O. The Balaban J connectivity index is 1.50. The van der Waals surface area contributed by atoms with Gasteiger partial charge in [-0.3, -0.25) is 24.0 Å². The van der Waals surface area contributed by atoms with Crippen molar-refractivity contribution in [2.45, 2.75) is 58.0 Å². The number of nitrogens with one attached hydrogen (secondary N) is 1. The molecule has 3 heterocycles. The van der Waals surface area contributed by atoms with Crippen molar-refractivity contribution in [3.05, 3.63) is 62.4 Å². The minimum absolute atomic E-state index is 0.0806. The number of aromatic nitrogens is 2. The van der Waals surface area contributed by atoms with Crippen LogP contribution in [0.4, 0.5) is 0 Å². The van der Waals surface area contributed by atoms with Gasteiger partial charge < -0.3 is 9.64 Å². The number of rotatable bonds is 2. The van der Waals surface area contributed by atoms with Crippen LogP contribution in [0.15, 0.2) is 40.1 Å². The lowest BCUT2D eigenvalue weighted by atomic mass is 9.95. The molecule has 1 N–H and O–H groups in total. The van der Waals surface area contributed by atoms with Gasteiger partial charge in [-0.2, -0.15) is 0 Å². The predicted octanol–water partition coefficient (Wildman–Crippen LogP) is 1.94. The summed E-state index contributed by atoms with van der Waals surface area (Å²) < 4.78 is 7.24. The average Bonchev–Trinajstić information content (AvgIpc) is 2.81. The quantitative estimate of drug-likeness (QED) is 0.749. The number of fused-ring (bicyclic) bond motifs is 3. The highest BCUT2D eigenvalue weighted by Crippen LogP contribution is 2.23. The van der Waals surface area contributed by atoms with E-state index in [4.69, 9.17) is 4.74 Å². The number of nitrogens with zero attached hydrogens (tertiary/aromatic N) is 3. The molecule has 1 unspecified atom stereocenters. The maximum atomic E-state index is 13.2. The van der Waals surface area contributed by atoms with Crippen molar-refractivity contribution in [1.29, 1.82) is 0 Å². The lowest BCUT2D eigenvalue weighted by Gasteiger charge is -2.37.